The van der Waals surface area contributed by atoms with E-state index >= 15 is 0 Å². The third kappa shape index (κ3) is 3.43. The van der Waals surface area contributed by atoms with Crippen molar-refractivity contribution in [3.63, 3.8) is 0 Å². The maximum absolute atomic E-state index is 13.9. The molecule has 0 amide bonds. The van der Waals surface area contributed by atoms with Gasteiger partial charge >= 0.3 is 0 Å². The van der Waals surface area contributed by atoms with Gasteiger partial charge in [0.2, 0.25) is 0 Å². The summed E-state index contributed by atoms with van der Waals surface area (Å²) in [5.41, 5.74) is 0.708. The standard InChI is InChI=1S/C14H19ClFN/c1-2-17-13(9-8-10-6-7-10)11-4-3-5-12(15)14(11)16/h3-5,10,13,17H,2,6-9H2,1H3. The highest BCUT2D eigenvalue weighted by Crippen LogP contribution is 2.36. The second-order valence-electron chi connectivity index (χ2n) is 4.77. The molecule has 0 aliphatic heterocycles. The Morgan fingerprint density at radius 1 is 1.47 bits per heavy atom. The van der Waals surface area contributed by atoms with Crippen LogP contribution in [0.5, 0.6) is 0 Å². The summed E-state index contributed by atoms with van der Waals surface area (Å²) in [7, 11) is 0. The van der Waals surface area contributed by atoms with Crippen molar-refractivity contribution in [3.8, 4) is 0 Å². The van der Waals surface area contributed by atoms with Crippen LogP contribution in [0.4, 0.5) is 4.39 Å². The average Bonchev–Trinajstić information content (AvgIpc) is 3.12. The third-order valence-corrected chi connectivity index (χ3v) is 3.66. The van der Waals surface area contributed by atoms with Gasteiger partial charge in [0.15, 0.2) is 0 Å². The Kier molecular flexibility index (Phi) is 4.41. The summed E-state index contributed by atoms with van der Waals surface area (Å²) in [6, 6.07) is 5.35. The Labute approximate surface area is 107 Å². The predicted octanol–water partition coefficient (Wildman–Crippen LogP) is 4.32. The molecule has 0 saturated heterocycles. The van der Waals surface area contributed by atoms with Gasteiger partial charge in [-0.1, -0.05) is 43.5 Å². The lowest BCUT2D eigenvalue weighted by atomic mass is 10.00. The molecule has 1 nitrogen and oxygen atoms in total. The largest absolute Gasteiger partial charge is 0.310 e. The normalized spacial score (nSPS) is 17.1. The van der Waals surface area contributed by atoms with Gasteiger partial charge in [-0.2, -0.15) is 0 Å². The molecule has 1 aromatic rings. The molecule has 94 valence electrons. The van der Waals surface area contributed by atoms with Crippen LogP contribution in [0.25, 0.3) is 0 Å². The Balaban J connectivity index is 2.09. The molecule has 2 rings (SSSR count). The highest BCUT2D eigenvalue weighted by Gasteiger charge is 2.24. The average molecular weight is 256 g/mol. The lowest BCUT2D eigenvalue weighted by Crippen LogP contribution is -2.22. The van der Waals surface area contributed by atoms with Gasteiger partial charge in [-0.05, 0) is 31.4 Å². The van der Waals surface area contributed by atoms with Crippen molar-refractivity contribution in [1.82, 2.24) is 5.32 Å². The van der Waals surface area contributed by atoms with Crippen LogP contribution in [0.1, 0.15) is 44.2 Å². The minimum Gasteiger partial charge on any atom is -0.310 e. The van der Waals surface area contributed by atoms with Crippen molar-refractivity contribution in [1.29, 1.82) is 0 Å². The van der Waals surface area contributed by atoms with E-state index in [9.17, 15) is 4.39 Å². The Morgan fingerprint density at radius 2 is 2.24 bits per heavy atom. The molecule has 0 spiro atoms. The van der Waals surface area contributed by atoms with Crippen LogP contribution in [0, 0.1) is 11.7 Å². The van der Waals surface area contributed by atoms with Crippen LogP contribution < -0.4 is 5.32 Å². The van der Waals surface area contributed by atoms with Crippen molar-refractivity contribution in [2.75, 3.05) is 6.54 Å². The summed E-state index contributed by atoms with van der Waals surface area (Å²) in [5, 5.41) is 3.57. The molecule has 1 saturated carbocycles. The zero-order chi connectivity index (χ0) is 12.3. The summed E-state index contributed by atoms with van der Waals surface area (Å²) in [6.07, 6.45) is 4.87. The molecule has 1 N–H and O–H groups in total. The molecular weight excluding hydrogens is 237 g/mol. The van der Waals surface area contributed by atoms with Gasteiger partial charge in [0, 0.05) is 11.6 Å². The van der Waals surface area contributed by atoms with E-state index < -0.39 is 0 Å². The summed E-state index contributed by atoms with van der Waals surface area (Å²) >= 11 is 5.83. The number of benzene rings is 1. The van der Waals surface area contributed by atoms with Gasteiger partial charge in [0.1, 0.15) is 5.82 Å². The van der Waals surface area contributed by atoms with Gasteiger partial charge in [0.25, 0.3) is 0 Å². The van der Waals surface area contributed by atoms with E-state index in [1.165, 1.54) is 19.3 Å². The molecule has 3 heteroatoms. The first-order valence-corrected chi connectivity index (χ1v) is 6.77. The van der Waals surface area contributed by atoms with E-state index in [1.54, 1.807) is 6.07 Å². The Bertz CT molecular complexity index is 376. The fraction of sp³-hybridized carbons (Fsp3) is 0.571. The zero-order valence-electron chi connectivity index (χ0n) is 10.2. The van der Waals surface area contributed by atoms with E-state index in [-0.39, 0.29) is 16.9 Å². The van der Waals surface area contributed by atoms with Gasteiger partial charge < -0.3 is 5.32 Å². The van der Waals surface area contributed by atoms with E-state index in [4.69, 9.17) is 11.6 Å². The van der Waals surface area contributed by atoms with Crippen molar-refractivity contribution in [2.24, 2.45) is 5.92 Å². The fourth-order valence-electron chi connectivity index (χ4n) is 2.21. The minimum absolute atomic E-state index is 0.0966. The molecule has 0 heterocycles. The van der Waals surface area contributed by atoms with E-state index in [0.29, 0.717) is 5.56 Å². The van der Waals surface area contributed by atoms with E-state index in [0.717, 1.165) is 18.9 Å². The van der Waals surface area contributed by atoms with Gasteiger partial charge in [-0.3, -0.25) is 0 Å². The molecule has 1 fully saturated rings. The van der Waals surface area contributed by atoms with Crippen LogP contribution >= 0.6 is 11.6 Å². The van der Waals surface area contributed by atoms with Crippen LogP contribution in [0.3, 0.4) is 0 Å². The number of nitrogens with one attached hydrogen (secondary N) is 1. The maximum atomic E-state index is 13.9. The topological polar surface area (TPSA) is 12.0 Å². The minimum atomic E-state index is -0.268. The molecule has 1 aromatic carbocycles. The third-order valence-electron chi connectivity index (χ3n) is 3.37. The molecule has 0 radical (unpaired) electrons. The first-order chi connectivity index (χ1) is 8.22. The maximum Gasteiger partial charge on any atom is 0.146 e. The van der Waals surface area contributed by atoms with Gasteiger partial charge in [-0.25, -0.2) is 4.39 Å². The summed E-state index contributed by atoms with van der Waals surface area (Å²) in [6.45, 7) is 2.90. The monoisotopic (exact) mass is 255 g/mol. The highest BCUT2D eigenvalue weighted by molar-refractivity contribution is 6.30. The highest BCUT2D eigenvalue weighted by atomic mass is 35.5. The first kappa shape index (κ1) is 12.8. The lowest BCUT2D eigenvalue weighted by molar-refractivity contribution is 0.460. The summed E-state index contributed by atoms with van der Waals surface area (Å²) in [5.74, 6) is 0.606. The van der Waals surface area contributed by atoms with Crippen LogP contribution in [-0.4, -0.2) is 6.54 Å². The van der Waals surface area contributed by atoms with E-state index in [1.807, 2.05) is 19.1 Å². The molecule has 1 aliphatic rings. The quantitative estimate of drug-likeness (QED) is 0.798. The summed E-state index contributed by atoms with van der Waals surface area (Å²) in [4.78, 5) is 0. The first-order valence-electron chi connectivity index (χ1n) is 6.39. The lowest BCUT2D eigenvalue weighted by Gasteiger charge is -2.19. The molecular formula is C14H19ClFN. The number of halogens is 2. The van der Waals surface area contributed by atoms with Crippen molar-refractivity contribution in [3.05, 3.63) is 34.6 Å². The number of rotatable bonds is 6. The second kappa shape index (κ2) is 5.83. The van der Waals surface area contributed by atoms with E-state index in [2.05, 4.69) is 5.32 Å². The molecule has 0 bridgehead atoms. The van der Waals surface area contributed by atoms with Crippen LogP contribution in [-0.2, 0) is 0 Å². The molecule has 0 aromatic heterocycles. The van der Waals surface area contributed by atoms with Crippen LogP contribution in [0.2, 0.25) is 5.02 Å². The molecule has 17 heavy (non-hydrogen) atoms. The Morgan fingerprint density at radius 3 is 2.88 bits per heavy atom. The molecule has 1 unspecified atom stereocenters. The van der Waals surface area contributed by atoms with Gasteiger partial charge in [-0.15, -0.1) is 0 Å². The zero-order valence-corrected chi connectivity index (χ0v) is 10.9. The molecule has 1 aliphatic carbocycles. The van der Waals surface area contributed by atoms with Gasteiger partial charge in [0.05, 0.1) is 5.02 Å². The smallest absolute Gasteiger partial charge is 0.146 e. The van der Waals surface area contributed by atoms with Crippen LogP contribution in [0.15, 0.2) is 18.2 Å². The molecule has 1 atom stereocenters. The number of hydrogen-bond acceptors (Lipinski definition) is 1. The number of hydrogen-bond donors (Lipinski definition) is 1. The van der Waals surface area contributed by atoms with Crippen molar-refractivity contribution >= 4 is 11.6 Å². The fourth-order valence-corrected chi connectivity index (χ4v) is 2.39. The Hall–Kier alpha value is -0.600. The summed E-state index contributed by atoms with van der Waals surface area (Å²) < 4.78 is 13.9. The predicted molar refractivity (Wildman–Crippen MR) is 69.8 cm³/mol. The SMILES string of the molecule is CCNC(CCC1CC1)c1cccc(Cl)c1F. The van der Waals surface area contributed by atoms with Crippen molar-refractivity contribution < 1.29 is 4.39 Å². The van der Waals surface area contributed by atoms with Crippen molar-refractivity contribution in [2.45, 2.75) is 38.6 Å². The second-order valence-corrected chi connectivity index (χ2v) is 5.18.